The molecule has 0 saturated carbocycles. The van der Waals surface area contributed by atoms with Crippen molar-refractivity contribution in [3.05, 3.63) is 63.6 Å². The summed E-state index contributed by atoms with van der Waals surface area (Å²) in [6.45, 7) is 3.00. The second-order valence-corrected chi connectivity index (χ2v) is 8.48. The predicted molar refractivity (Wildman–Crippen MR) is 106 cm³/mol. The Kier molecular flexibility index (Phi) is 7.47. The molecule has 1 N–H and O–H groups in total. The standard InChI is InChI=1S/C19H20Cl2O6S/c1-3-26-18(22)19(23,14-6-9-16(20)17(21)12-14)10-11-27-28(24,25)15-7-4-13(2)5-8-15/h4-9,12,23H,3,10-11H2,1-2H3. The average molecular weight is 447 g/mol. The largest absolute Gasteiger partial charge is 0.464 e. The molecule has 0 aliphatic carbocycles. The molecule has 152 valence electrons. The number of benzene rings is 2. The summed E-state index contributed by atoms with van der Waals surface area (Å²) < 4.78 is 34.5. The lowest BCUT2D eigenvalue weighted by atomic mass is 9.91. The molecule has 0 radical (unpaired) electrons. The molecule has 6 nitrogen and oxygen atoms in total. The molecule has 2 rings (SSSR count). The molecular formula is C19H20Cl2O6S. The fourth-order valence-corrected chi connectivity index (χ4v) is 3.65. The maximum Gasteiger partial charge on any atom is 0.342 e. The first kappa shape index (κ1) is 22.6. The molecule has 2 aromatic carbocycles. The van der Waals surface area contributed by atoms with Gasteiger partial charge in [-0.05, 0) is 43.7 Å². The monoisotopic (exact) mass is 446 g/mol. The van der Waals surface area contributed by atoms with Crippen LogP contribution in [0.25, 0.3) is 0 Å². The van der Waals surface area contributed by atoms with Gasteiger partial charge in [-0.2, -0.15) is 8.42 Å². The van der Waals surface area contributed by atoms with E-state index in [0.29, 0.717) is 0 Å². The third kappa shape index (κ3) is 5.24. The topological polar surface area (TPSA) is 89.9 Å². The summed E-state index contributed by atoms with van der Waals surface area (Å²) in [5, 5.41) is 11.3. The van der Waals surface area contributed by atoms with Gasteiger partial charge >= 0.3 is 5.97 Å². The van der Waals surface area contributed by atoms with Crippen LogP contribution in [-0.2, 0) is 29.4 Å². The van der Waals surface area contributed by atoms with Crippen molar-refractivity contribution < 1.29 is 27.2 Å². The number of aryl methyl sites for hydroxylation is 1. The minimum Gasteiger partial charge on any atom is -0.464 e. The van der Waals surface area contributed by atoms with Crippen molar-refractivity contribution >= 4 is 39.3 Å². The highest BCUT2D eigenvalue weighted by molar-refractivity contribution is 7.86. The summed E-state index contributed by atoms with van der Waals surface area (Å²) in [6.07, 6.45) is -0.366. The van der Waals surface area contributed by atoms with Gasteiger partial charge in [0, 0.05) is 6.42 Å². The molecule has 0 aliphatic heterocycles. The summed E-state index contributed by atoms with van der Waals surface area (Å²) in [5.41, 5.74) is -1.13. The van der Waals surface area contributed by atoms with E-state index >= 15 is 0 Å². The molecule has 1 atom stereocenters. The van der Waals surface area contributed by atoms with Crippen LogP contribution in [0.3, 0.4) is 0 Å². The van der Waals surface area contributed by atoms with E-state index in [2.05, 4.69) is 0 Å². The van der Waals surface area contributed by atoms with Crippen LogP contribution in [0.4, 0.5) is 0 Å². The van der Waals surface area contributed by atoms with Crippen LogP contribution in [0.1, 0.15) is 24.5 Å². The van der Waals surface area contributed by atoms with E-state index < -0.39 is 28.3 Å². The van der Waals surface area contributed by atoms with Gasteiger partial charge in [0.05, 0.1) is 28.2 Å². The third-order valence-corrected chi connectivity index (χ3v) is 6.09. The number of ether oxygens (including phenoxy) is 1. The summed E-state index contributed by atoms with van der Waals surface area (Å²) in [4.78, 5) is 12.4. The normalized spacial score (nSPS) is 13.8. The van der Waals surface area contributed by atoms with Crippen molar-refractivity contribution in [3.8, 4) is 0 Å². The van der Waals surface area contributed by atoms with Gasteiger partial charge in [-0.25, -0.2) is 4.79 Å². The molecule has 28 heavy (non-hydrogen) atoms. The summed E-state index contributed by atoms with van der Waals surface area (Å²) in [6, 6.07) is 10.3. The van der Waals surface area contributed by atoms with Gasteiger partial charge in [0.1, 0.15) is 0 Å². The summed E-state index contributed by atoms with van der Waals surface area (Å²) >= 11 is 11.9. The lowest BCUT2D eigenvalue weighted by Crippen LogP contribution is -2.38. The molecule has 9 heteroatoms. The van der Waals surface area contributed by atoms with Crippen molar-refractivity contribution in [2.24, 2.45) is 0 Å². The number of hydrogen-bond donors (Lipinski definition) is 1. The van der Waals surface area contributed by atoms with Crippen LogP contribution >= 0.6 is 23.2 Å². The molecule has 0 fully saturated rings. The number of carbonyl (C=O) groups is 1. The van der Waals surface area contributed by atoms with Crippen molar-refractivity contribution in [2.75, 3.05) is 13.2 Å². The molecule has 0 aliphatic rings. The third-order valence-electron chi connectivity index (χ3n) is 4.02. The van der Waals surface area contributed by atoms with Gasteiger partial charge in [-0.15, -0.1) is 0 Å². The average Bonchev–Trinajstić information content (AvgIpc) is 2.64. The zero-order valence-electron chi connectivity index (χ0n) is 15.3. The van der Waals surface area contributed by atoms with Gasteiger partial charge in [0.15, 0.2) is 5.60 Å². The van der Waals surface area contributed by atoms with Crippen molar-refractivity contribution in [2.45, 2.75) is 30.8 Å². The number of halogens is 2. The van der Waals surface area contributed by atoms with Crippen LogP contribution in [0, 0.1) is 6.92 Å². The number of esters is 1. The first-order valence-corrected chi connectivity index (χ1v) is 10.6. The Labute approximate surface area is 174 Å². The quantitative estimate of drug-likeness (QED) is 0.489. The fraction of sp³-hybridized carbons (Fsp3) is 0.316. The number of rotatable bonds is 8. The second-order valence-electron chi connectivity index (χ2n) is 6.05. The van der Waals surface area contributed by atoms with E-state index in [-0.39, 0.29) is 33.5 Å². The Morgan fingerprint density at radius 3 is 2.32 bits per heavy atom. The maximum absolute atomic E-state index is 12.4. The molecular weight excluding hydrogens is 427 g/mol. The fourth-order valence-electron chi connectivity index (χ4n) is 2.44. The van der Waals surface area contributed by atoms with Gasteiger partial charge in [0.2, 0.25) is 0 Å². The van der Waals surface area contributed by atoms with Gasteiger partial charge in [0.25, 0.3) is 10.1 Å². The molecule has 0 spiro atoms. The molecule has 0 amide bonds. The molecule has 2 aromatic rings. The Bertz CT molecular complexity index is 943. The van der Waals surface area contributed by atoms with Crippen LogP contribution in [0.2, 0.25) is 10.0 Å². The van der Waals surface area contributed by atoms with E-state index in [0.717, 1.165) is 5.56 Å². The molecule has 0 heterocycles. The highest BCUT2D eigenvalue weighted by Gasteiger charge is 2.40. The van der Waals surface area contributed by atoms with Crippen molar-refractivity contribution in [3.63, 3.8) is 0 Å². The first-order chi connectivity index (χ1) is 13.1. The second kappa shape index (κ2) is 9.24. The van der Waals surface area contributed by atoms with Crippen LogP contribution in [0.5, 0.6) is 0 Å². The van der Waals surface area contributed by atoms with Crippen LogP contribution < -0.4 is 0 Å². The van der Waals surface area contributed by atoms with E-state index in [4.69, 9.17) is 32.1 Å². The van der Waals surface area contributed by atoms with Gasteiger partial charge < -0.3 is 9.84 Å². The van der Waals surface area contributed by atoms with Crippen molar-refractivity contribution in [1.82, 2.24) is 0 Å². The van der Waals surface area contributed by atoms with E-state index in [1.165, 1.54) is 30.3 Å². The molecule has 0 aromatic heterocycles. The van der Waals surface area contributed by atoms with Gasteiger partial charge in [-0.3, -0.25) is 4.18 Å². The lowest BCUT2D eigenvalue weighted by molar-refractivity contribution is -0.167. The predicted octanol–water partition coefficient (Wildman–Crippen LogP) is 3.85. The highest BCUT2D eigenvalue weighted by atomic mass is 35.5. The molecule has 1 unspecified atom stereocenters. The lowest BCUT2D eigenvalue weighted by Gasteiger charge is -2.26. The minimum atomic E-state index is -4.04. The van der Waals surface area contributed by atoms with Crippen LogP contribution in [0.15, 0.2) is 47.4 Å². The van der Waals surface area contributed by atoms with Crippen LogP contribution in [-0.4, -0.2) is 32.7 Å². The summed E-state index contributed by atoms with van der Waals surface area (Å²) in [5.74, 6) is -0.940. The summed E-state index contributed by atoms with van der Waals surface area (Å²) in [7, 11) is -4.04. The minimum absolute atomic E-state index is 0.0210. The van der Waals surface area contributed by atoms with E-state index in [1.807, 2.05) is 6.92 Å². The zero-order valence-corrected chi connectivity index (χ0v) is 17.6. The number of carbonyl (C=O) groups excluding carboxylic acids is 1. The van der Waals surface area contributed by atoms with Gasteiger partial charge in [-0.1, -0.05) is 47.0 Å². The first-order valence-electron chi connectivity index (χ1n) is 8.41. The van der Waals surface area contributed by atoms with Crippen molar-refractivity contribution in [1.29, 1.82) is 0 Å². The van der Waals surface area contributed by atoms with E-state index in [9.17, 15) is 18.3 Å². The highest BCUT2D eigenvalue weighted by Crippen LogP contribution is 2.32. The molecule has 0 bridgehead atoms. The Hall–Kier alpha value is -1.64. The maximum atomic E-state index is 12.4. The Balaban J connectivity index is 2.22. The zero-order chi connectivity index (χ0) is 20.9. The Morgan fingerprint density at radius 2 is 1.75 bits per heavy atom. The molecule has 0 saturated heterocycles. The number of hydrogen-bond acceptors (Lipinski definition) is 6. The Morgan fingerprint density at radius 1 is 1.11 bits per heavy atom. The SMILES string of the molecule is CCOC(=O)C(O)(CCOS(=O)(=O)c1ccc(C)cc1)c1ccc(Cl)c(Cl)c1. The van der Waals surface area contributed by atoms with E-state index in [1.54, 1.807) is 19.1 Å². The smallest absolute Gasteiger partial charge is 0.342 e. The number of aliphatic hydroxyl groups is 1.